The number of fused-ring (bicyclic) bond motifs is 1. The fourth-order valence-electron chi connectivity index (χ4n) is 2.48. The van der Waals surface area contributed by atoms with Gasteiger partial charge in [-0.05, 0) is 50.6 Å². The molecular formula is C20H21NO6. The van der Waals surface area contributed by atoms with Crippen molar-refractivity contribution < 1.29 is 28.5 Å². The van der Waals surface area contributed by atoms with Gasteiger partial charge in [0.15, 0.2) is 23.7 Å². The van der Waals surface area contributed by atoms with E-state index in [1.54, 1.807) is 31.2 Å². The Bertz CT molecular complexity index is 850. The summed E-state index contributed by atoms with van der Waals surface area (Å²) in [6.45, 7) is 5.16. The first-order valence-electron chi connectivity index (χ1n) is 8.56. The molecule has 142 valence electrons. The number of hydrogen-bond acceptors (Lipinski definition) is 6. The highest BCUT2D eigenvalue weighted by Crippen LogP contribution is 2.34. The van der Waals surface area contributed by atoms with Crippen LogP contribution < -0.4 is 19.5 Å². The molecule has 0 aliphatic carbocycles. The highest BCUT2D eigenvalue weighted by atomic mass is 16.7. The molecule has 27 heavy (non-hydrogen) atoms. The summed E-state index contributed by atoms with van der Waals surface area (Å²) in [5.41, 5.74) is 1.54. The van der Waals surface area contributed by atoms with Crippen molar-refractivity contribution in [2.75, 3.05) is 12.1 Å². The van der Waals surface area contributed by atoms with Crippen molar-refractivity contribution in [3.8, 4) is 17.2 Å². The van der Waals surface area contributed by atoms with Crippen LogP contribution in [0.2, 0.25) is 0 Å². The molecule has 1 N–H and O–H groups in total. The van der Waals surface area contributed by atoms with E-state index in [9.17, 15) is 9.59 Å². The highest BCUT2D eigenvalue weighted by molar-refractivity contribution is 5.95. The number of anilines is 1. The molecule has 0 fully saturated rings. The molecule has 0 saturated heterocycles. The van der Waals surface area contributed by atoms with Gasteiger partial charge in [-0.1, -0.05) is 12.1 Å². The predicted octanol–water partition coefficient (Wildman–Crippen LogP) is 3.06. The van der Waals surface area contributed by atoms with Gasteiger partial charge in [0.1, 0.15) is 5.75 Å². The molecule has 0 aromatic heterocycles. The third-order valence-electron chi connectivity index (χ3n) is 3.94. The first-order valence-corrected chi connectivity index (χ1v) is 8.56. The van der Waals surface area contributed by atoms with Crippen LogP contribution >= 0.6 is 0 Å². The minimum atomic E-state index is -0.980. The van der Waals surface area contributed by atoms with Crippen LogP contribution in [0.25, 0.3) is 0 Å². The van der Waals surface area contributed by atoms with Gasteiger partial charge >= 0.3 is 5.97 Å². The molecule has 1 heterocycles. The fraction of sp³-hybridized carbons (Fsp3) is 0.300. The van der Waals surface area contributed by atoms with Crippen molar-refractivity contribution in [3.63, 3.8) is 0 Å². The molecule has 1 aliphatic heterocycles. The van der Waals surface area contributed by atoms with E-state index in [-0.39, 0.29) is 6.79 Å². The molecular weight excluding hydrogens is 350 g/mol. The van der Waals surface area contributed by atoms with Crippen LogP contribution in [0.1, 0.15) is 19.4 Å². The van der Waals surface area contributed by atoms with Crippen LogP contribution in [0.4, 0.5) is 5.69 Å². The summed E-state index contributed by atoms with van der Waals surface area (Å²) < 4.78 is 21.3. The summed E-state index contributed by atoms with van der Waals surface area (Å²) in [5, 5.41) is 2.68. The first-order chi connectivity index (χ1) is 12.9. The van der Waals surface area contributed by atoms with Gasteiger partial charge in [0.2, 0.25) is 6.79 Å². The summed E-state index contributed by atoms with van der Waals surface area (Å²) in [6.07, 6.45) is -1.82. The van der Waals surface area contributed by atoms with Crippen LogP contribution in [-0.4, -0.2) is 30.9 Å². The maximum atomic E-state index is 12.3. The number of benzene rings is 2. The number of rotatable bonds is 6. The summed E-state index contributed by atoms with van der Waals surface area (Å²) in [5.74, 6) is 0.666. The van der Waals surface area contributed by atoms with Crippen LogP contribution in [0, 0.1) is 6.92 Å². The number of ether oxygens (including phenoxy) is 4. The van der Waals surface area contributed by atoms with Gasteiger partial charge in [0, 0.05) is 11.8 Å². The van der Waals surface area contributed by atoms with Crippen LogP contribution in [0.15, 0.2) is 42.5 Å². The Hall–Kier alpha value is -3.22. The van der Waals surface area contributed by atoms with Gasteiger partial charge in [0.25, 0.3) is 5.91 Å². The van der Waals surface area contributed by atoms with Gasteiger partial charge in [0.05, 0.1) is 0 Å². The first kappa shape index (κ1) is 18.6. The predicted molar refractivity (Wildman–Crippen MR) is 98.0 cm³/mol. The molecule has 2 aromatic carbocycles. The lowest BCUT2D eigenvalue weighted by atomic mass is 10.2. The molecule has 7 nitrogen and oxygen atoms in total. The van der Waals surface area contributed by atoms with Gasteiger partial charge in [-0.15, -0.1) is 0 Å². The average Bonchev–Trinajstić information content (AvgIpc) is 3.09. The van der Waals surface area contributed by atoms with Gasteiger partial charge in [-0.25, -0.2) is 4.79 Å². The second-order valence-electron chi connectivity index (χ2n) is 6.21. The summed E-state index contributed by atoms with van der Waals surface area (Å²) in [6, 6.07) is 12.4. The number of nitrogens with one attached hydrogen (secondary N) is 1. The Balaban J connectivity index is 1.53. The van der Waals surface area contributed by atoms with E-state index in [0.717, 1.165) is 5.56 Å². The topological polar surface area (TPSA) is 83.1 Å². The van der Waals surface area contributed by atoms with Crippen molar-refractivity contribution in [1.82, 2.24) is 0 Å². The minimum Gasteiger partial charge on any atom is -0.479 e. The largest absolute Gasteiger partial charge is 0.479 e. The van der Waals surface area contributed by atoms with Crippen LogP contribution in [0.5, 0.6) is 17.2 Å². The van der Waals surface area contributed by atoms with Crippen molar-refractivity contribution in [1.29, 1.82) is 0 Å². The van der Waals surface area contributed by atoms with Crippen LogP contribution in [-0.2, 0) is 14.3 Å². The van der Waals surface area contributed by atoms with E-state index < -0.39 is 24.1 Å². The molecule has 0 bridgehead atoms. The molecule has 2 aromatic rings. The molecule has 0 radical (unpaired) electrons. The Labute approximate surface area is 157 Å². The van der Waals surface area contributed by atoms with E-state index >= 15 is 0 Å². The summed E-state index contributed by atoms with van der Waals surface area (Å²) in [7, 11) is 0. The Morgan fingerprint density at radius 1 is 1.04 bits per heavy atom. The number of hydrogen-bond donors (Lipinski definition) is 1. The van der Waals surface area contributed by atoms with Crippen molar-refractivity contribution in [2.24, 2.45) is 0 Å². The zero-order chi connectivity index (χ0) is 19.4. The van der Waals surface area contributed by atoms with Gasteiger partial charge < -0.3 is 24.3 Å². The number of amides is 1. The number of aryl methyl sites for hydroxylation is 1. The lowest BCUT2D eigenvalue weighted by Gasteiger charge is -2.18. The van der Waals surface area contributed by atoms with Crippen molar-refractivity contribution in [2.45, 2.75) is 33.0 Å². The van der Waals surface area contributed by atoms with E-state index in [1.807, 2.05) is 25.1 Å². The fourth-order valence-corrected chi connectivity index (χ4v) is 2.48. The van der Waals surface area contributed by atoms with Crippen molar-refractivity contribution >= 4 is 17.6 Å². The molecule has 0 unspecified atom stereocenters. The monoisotopic (exact) mass is 371 g/mol. The zero-order valence-corrected chi connectivity index (χ0v) is 15.4. The lowest BCUT2D eigenvalue weighted by molar-refractivity contribution is -0.159. The van der Waals surface area contributed by atoms with E-state index in [0.29, 0.717) is 22.9 Å². The maximum absolute atomic E-state index is 12.3. The Morgan fingerprint density at radius 2 is 1.81 bits per heavy atom. The van der Waals surface area contributed by atoms with E-state index in [2.05, 4.69) is 5.32 Å². The number of esters is 1. The minimum absolute atomic E-state index is 0.152. The zero-order valence-electron chi connectivity index (χ0n) is 15.4. The van der Waals surface area contributed by atoms with E-state index in [4.69, 9.17) is 18.9 Å². The molecule has 1 amide bonds. The van der Waals surface area contributed by atoms with Crippen LogP contribution in [0.3, 0.4) is 0 Å². The quantitative estimate of drug-likeness (QED) is 0.786. The Morgan fingerprint density at radius 3 is 2.59 bits per heavy atom. The van der Waals surface area contributed by atoms with Gasteiger partial charge in [-0.2, -0.15) is 0 Å². The molecule has 1 aliphatic rings. The second-order valence-corrected chi connectivity index (χ2v) is 6.21. The number of carbonyl (C=O) groups is 2. The summed E-state index contributed by atoms with van der Waals surface area (Å²) in [4.78, 5) is 24.5. The molecule has 0 spiro atoms. The van der Waals surface area contributed by atoms with Gasteiger partial charge in [-0.3, -0.25) is 4.79 Å². The third kappa shape index (κ3) is 4.69. The average molecular weight is 371 g/mol. The third-order valence-corrected chi connectivity index (χ3v) is 3.94. The maximum Gasteiger partial charge on any atom is 0.347 e. The molecule has 0 saturated carbocycles. The van der Waals surface area contributed by atoms with E-state index in [1.165, 1.54) is 6.92 Å². The summed E-state index contributed by atoms with van der Waals surface area (Å²) >= 11 is 0. The molecule has 7 heteroatoms. The number of carbonyl (C=O) groups excluding carboxylic acids is 2. The smallest absolute Gasteiger partial charge is 0.347 e. The highest BCUT2D eigenvalue weighted by Gasteiger charge is 2.24. The Kier molecular flexibility index (Phi) is 5.49. The second kappa shape index (κ2) is 7.99. The lowest BCUT2D eigenvalue weighted by Crippen LogP contribution is -2.35. The molecule has 2 atom stereocenters. The normalized spacial score (nSPS) is 14.2. The standard InChI is InChI=1S/C20H21NO6/c1-12-5-4-6-16(9-12)26-14(3)20(23)27-13(2)19(22)21-15-7-8-17-18(10-15)25-11-24-17/h4-10,13-14H,11H2,1-3H3,(H,21,22)/t13-,14+/m0/s1. The van der Waals surface area contributed by atoms with Crippen molar-refractivity contribution in [3.05, 3.63) is 48.0 Å². The SMILES string of the molecule is Cc1cccc(O[C@H](C)C(=O)O[C@@H](C)C(=O)Nc2ccc3c(c2)OCO3)c1. The molecule has 3 rings (SSSR count).